The first kappa shape index (κ1) is 19.0. The number of halogens is 1. The topological polar surface area (TPSA) is 66.4 Å². The second-order valence-corrected chi connectivity index (χ2v) is 10.3. The Morgan fingerprint density at radius 2 is 1.92 bits per heavy atom. The molecular formula is C18H22BrNO3S2. The molecular weight excluding hydrogens is 422 g/mol. The van der Waals surface area contributed by atoms with Crippen LogP contribution in [0, 0.1) is 0 Å². The Morgan fingerprint density at radius 1 is 1.24 bits per heavy atom. The van der Waals surface area contributed by atoms with Gasteiger partial charge in [0.1, 0.15) is 0 Å². The Kier molecular flexibility index (Phi) is 5.70. The first-order valence-electron chi connectivity index (χ1n) is 8.37. The minimum atomic E-state index is -3.58. The fourth-order valence-electron chi connectivity index (χ4n) is 3.40. The molecule has 7 heteroatoms. The van der Waals surface area contributed by atoms with Crippen LogP contribution in [0.4, 0.5) is 0 Å². The quantitative estimate of drug-likeness (QED) is 0.696. The van der Waals surface area contributed by atoms with E-state index in [0.29, 0.717) is 11.0 Å². The molecule has 0 amide bonds. The van der Waals surface area contributed by atoms with Gasteiger partial charge in [0.05, 0.1) is 11.0 Å². The summed E-state index contributed by atoms with van der Waals surface area (Å²) in [6.07, 6.45) is 3.63. The third-order valence-electron chi connectivity index (χ3n) is 4.85. The van der Waals surface area contributed by atoms with E-state index in [0.717, 1.165) is 35.4 Å². The average molecular weight is 444 g/mol. The largest absolute Gasteiger partial charge is 0.388 e. The van der Waals surface area contributed by atoms with Crippen LogP contribution >= 0.6 is 27.3 Å². The summed E-state index contributed by atoms with van der Waals surface area (Å²) in [5, 5.41) is 9.80. The number of benzene rings is 1. The molecule has 0 saturated heterocycles. The lowest BCUT2D eigenvalue weighted by atomic mass is 9.85. The van der Waals surface area contributed by atoms with Crippen molar-refractivity contribution in [3.8, 4) is 0 Å². The van der Waals surface area contributed by atoms with Crippen LogP contribution in [0.3, 0.4) is 0 Å². The van der Waals surface area contributed by atoms with Crippen molar-refractivity contribution in [3.05, 3.63) is 50.6 Å². The average Bonchev–Trinajstić information content (AvgIpc) is 3.23. The standard InChI is InChI=1S/C18H22BrNO3S2/c1-13(21)15-8-9-17(24-15)18(10-4-5-11-18)12-20-25(22,23)16-7-3-2-6-14(16)19/h2-3,6-9,13,20-21H,4-5,10-12H2,1H3/t13-/m1/s1. The minimum absolute atomic E-state index is 0.174. The van der Waals surface area contributed by atoms with Gasteiger partial charge in [0, 0.05) is 26.2 Å². The first-order valence-corrected chi connectivity index (χ1v) is 11.5. The van der Waals surface area contributed by atoms with Crippen molar-refractivity contribution in [2.24, 2.45) is 0 Å². The van der Waals surface area contributed by atoms with Crippen molar-refractivity contribution in [1.29, 1.82) is 0 Å². The van der Waals surface area contributed by atoms with E-state index < -0.39 is 16.1 Å². The summed E-state index contributed by atoms with van der Waals surface area (Å²) >= 11 is 4.91. The van der Waals surface area contributed by atoms with E-state index in [2.05, 4.69) is 20.7 Å². The molecule has 0 unspecified atom stereocenters. The zero-order valence-electron chi connectivity index (χ0n) is 14.0. The molecule has 0 aliphatic heterocycles. The summed E-state index contributed by atoms with van der Waals surface area (Å²) in [5.74, 6) is 0. The van der Waals surface area contributed by atoms with Gasteiger partial charge in [-0.3, -0.25) is 0 Å². The highest BCUT2D eigenvalue weighted by molar-refractivity contribution is 9.10. The highest BCUT2D eigenvalue weighted by Gasteiger charge is 2.38. The molecule has 0 radical (unpaired) electrons. The van der Waals surface area contributed by atoms with Crippen LogP contribution in [0.1, 0.15) is 48.5 Å². The normalized spacial score (nSPS) is 18.4. The first-order chi connectivity index (χ1) is 11.8. The van der Waals surface area contributed by atoms with Crippen LogP contribution in [0.2, 0.25) is 0 Å². The van der Waals surface area contributed by atoms with Crippen LogP contribution < -0.4 is 4.72 Å². The predicted octanol–water partition coefficient (Wildman–Crippen LogP) is 4.35. The highest BCUT2D eigenvalue weighted by atomic mass is 79.9. The summed E-state index contributed by atoms with van der Waals surface area (Å²) in [5.41, 5.74) is -0.174. The molecule has 4 nitrogen and oxygen atoms in total. The monoisotopic (exact) mass is 443 g/mol. The van der Waals surface area contributed by atoms with Crippen molar-refractivity contribution in [3.63, 3.8) is 0 Å². The molecule has 1 heterocycles. The Labute approximate surface area is 161 Å². The van der Waals surface area contributed by atoms with Crippen molar-refractivity contribution in [1.82, 2.24) is 4.72 Å². The SMILES string of the molecule is C[C@@H](O)c1ccc(C2(CNS(=O)(=O)c3ccccc3Br)CCCC2)s1. The van der Waals surface area contributed by atoms with Gasteiger partial charge in [0.15, 0.2) is 0 Å². The van der Waals surface area contributed by atoms with Gasteiger partial charge in [0.25, 0.3) is 0 Å². The lowest BCUT2D eigenvalue weighted by molar-refractivity contribution is 0.203. The van der Waals surface area contributed by atoms with Gasteiger partial charge in [-0.25, -0.2) is 13.1 Å². The van der Waals surface area contributed by atoms with E-state index in [1.54, 1.807) is 42.5 Å². The number of nitrogens with one attached hydrogen (secondary N) is 1. The smallest absolute Gasteiger partial charge is 0.241 e. The third-order valence-corrected chi connectivity index (χ3v) is 8.76. The van der Waals surface area contributed by atoms with E-state index >= 15 is 0 Å². The van der Waals surface area contributed by atoms with Crippen LogP contribution in [0.5, 0.6) is 0 Å². The minimum Gasteiger partial charge on any atom is -0.388 e. The maximum Gasteiger partial charge on any atom is 0.241 e. The molecule has 3 rings (SSSR count). The molecule has 136 valence electrons. The fraction of sp³-hybridized carbons (Fsp3) is 0.444. The maximum atomic E-state index is 12.7. The van der Waals surface area contributed by atoms with Gasteiger partial charge < -0.3 is 5.11 Å². The second kappa shape index (κ2) is 7.48. The number of rotatable bonds is 6. The van der Waals surface area contributed by atoms with Crippen molar-refractivity contribution in [2.45, 2.75) is 49.0 Å². The molecule has 1 aliphatic carbocycles. The molecule has 1 aromatic heterocycles. The van der Waals surface area contributed by atoms with Gasteiger partial charge >= 0.3 is 0 Å². The molecule has 1 aliphatic rings. The van der Waals surface area contributed by atoms with Gasteiger partial charge in [-0.05, 0) is 60.0 Å². The Hall–Kier alpha value is -0.730. The highest BCUT2D eigenvalue weighted by Crippen LogP contribution is 2.44. The van der Waals surface area contributed by atoms with Gasteiger partial charge in [-0.15, -0.1) is 11.3 Å². The second-order valence-electron chi connectivity index (χ2n) is 6.62. The zero-order chi connectivity index (χ0) is 18.1. The maximum absolute atomic E-state index is 12.7. The van der Waals surface area contributed by atoms with Crippen molar-refractivity contribution >= 4 is 37.3 Å². The Balaban J connectivity index is 1.84. The lowest BCUT2D eigenvalue weighted by Gasteiger charge is -2.28. The third kappa shape index (κ3) is 4.01. The molecule has 2 aromatic rings. The number of hydrogen-bond acceptors (Lipinski definition) is 4. The number of thiophene rings is 1. The zero-order valence-corrected chi connectivity index (χ0v) is 17.3. The van der Waals surface area contributed by atoms with E-state index in [1.807, 2.05) is 12.1 Å². The lowest BCUT2D eigenvalue weighted by Crippen LogP contribution is -2.38. The fourth-order valence-corrected chi connectivity index (χ4v) is 6.72. The summed E-state index contributed by atoms with van der Waals surface area (Å²) in [6, 6.07) is 10.8. The number of hydrogen-bond donors (Lipinski definition) is 2. The summed E-state index contributed by atoms with van der Waals surface area (Å²) < 4.78 is 28.8. The number of sulfonamides is 1. The Bertz CT molecular complexity index is 840. The molecule has 2 N–H and O–H groups in total. The van der Waals surface area contributed by atoms with Crippen LogP contribution in [0.15, 0.2) is 45.8 Å². The molecule has 1 fully saturated rings. The van der Waals surface area contributed by atoms with Gasteiger partial charge in [-0.2, -0.15) is 0 Å². The van der Waals surface area contributed by atoms with Crippen molar-refractivity contribution in [2.75, 3.05) is 6.54 Å². The van der Waals surface area contributed by atoms with E-state index in [1.165, 1.54) is 0 Å². The van der Waals surface area contributed by atoms with Crippen LogP contribution in [0.25, 0.3) is 0 Å². The molecule has 1 saturated carbocycles. The molecule has 0 bridgehead atoms. The number of aliphatic hydroxyl groups is 1. The van der Waals surface area contributed by atoms with E-state index in [9.17, 15) is 13.5 Å². The van der Waals surface area contributed by atoms with Gasteiger partial charge in [0.2, 0.25) is 10.0 Å². The van der Waals surface area contributed by atoms with Crippen LogP contribution in [-0.4, -0.2) is 20.1 Å². The van der Waals surface area contributed by atoms with Crippen LogP contribution in [-0.2, 0) is 15.4 Å². The summed E-state index contributed by atoms with van der Waals surface area (Å²) in [4.78, 5) is 2.35. The van der Waals surface area contributed by atoms with Crippen molar-refractivity contribution < 1.29 is 13.5 Å². The molecule has 0 spiro atoms. The molecule has 25 heavy (non-hydrogen) atoms. The Morgan fingerprint density at radius 3 is 2.52 bits per heavy atom. The van der Waals surface area contributed by atoms with Gasteiger partial charge in [-0.1, -0.05) is 25.0 Å². The molecule has 1 atom stereocenters. The van der Waals surface area contributed by atoms with E-state index in [-0.39, 0.29) is 10.3 Å². The summed E-state index contributed by atoms with van der Waals surface area (Å²) in [6.45, 7) is 2.14. The number of aliphatic hydroxyl groups excluding tert-OH is 1. The van der Waals surface area contributed by atoms with E-state index in [4.69, 9.17) is 0 Å². The summed E-state index contributed by atoms with van der Waals surface area (Å²) in [7, 11) is -3.58. The molecule has 1 aromatic carbocycles. The predicted molar refractivity (Wildman–Crippen MR) is 104 cm³/mol.